The molecule has 0 atom stereocenters. The van der Waals surface area contributed by atoms with E-state index in [0.717, 1.165) is 44.3 Å². The molecule has 8 heteroatoms. The maximum absolute atomic E-state index is 11.1. The zero-order valence-corrected chi connectivity index (χ0v) is 19.7. The van der Waals surface area contributed by atoms with Gasteiger partial charge in [0.1, 0.15) is 0 Å². The first-order valence-corrected chi connectivity index (χ1v) is 12.9. The van der Waals surface area contributed by atoms with E-state index in [2.05, 4.69) is 46.7 Å². The van der Waals surface area contributed by atoms with Crippen molar-refractivity contribution in [1.82, 2.24) is 0 Å². The lowest BCUT2D eigenvalue weighted by atomic mass is 10.1. The number of anilines is 1. The minimum atomic E-state index is -4.25. The highest BCUT2D eigenvalue weighted by atomic mass is 35.5. The van der Waals surface area contributed by atoms with E-state index in [0.29, 0.717) is 11.6 Å². The summed E-state index contributed by atoms with van der Waals surface area (Å²) in [4.78, 5) is 3.35. The molecule has 3 aromatic rings. The van der Waals surface area contributed by atoms with Crippen molar-refractivity contribution in [2.75, 3.05) is 17.2 Å². The number of nitrogens with zero attached hydrogens (tertiary/aromatic N) is 2. The van der Waals surface area contributed by atoms with Gasteiger partial charge in [-0.2, -0.15) is 4.57 Å². The molecule has 0 unspecified atom stereocenters. The van der Waals surface area contributed by atoms with Gasteiger partial charge in [-0.25, -0.2) is 8.42 Å². The van der Waals surface area contributed by atoms with Gasteiger partial charge in [0, 0.05) is 52.2 Å². The van der Waals surface area contributed by atoms with E-state index in [4.69, 9.17) is 11.6 Å². The van der Waals surface area contributed by atoms with Gasteiger partial charge in [-0.05, 0) is 49.7 Å². The lowest BCUT2D eigenvalue weighted by Crippen LogP contribution is -2.39. The van der Waals surface area contributed by atoms with Crippen LogP contribution < -0.4 is 9.47 Å². The number of fused-ring (bicyclic) bond motifs is 2. The molecular weight excluding hydrogens is 452 g/mol. The van der Waals surface area contributed by atoms with Crippen molar-refractivity contribution in [1.29, 1.82) is 0 Å². The van der Waals surface area contributed by atoms with E-state index in [1.807, 2.05) is 31.2 Å². The lowest BCUT2D eigenvalue weighted by Gasteiger charge is -2.18. The predicted octanol–water partition coefficient (Wildman–Crippen LogP) is 4.96. The largest absolute Gasteiger partial charge is 0.748 e. The molecule has 0 amide bonds. The van der Waals surface area contributed by atoms with Crippen molar-refractivity contribution in [2.45, 2.75) is 31.7 Å². The predicted molar refractivity (Wildman–Crippen MR) is 126 cm³/mol. The van der Waals surface area contributed by atoms with Crippen molar-refractivity contribution in [3.63, 3.8) is 0 Å². The molecule has 4 rings (SSSR count). The molecule has 2 heterocycles. The topological polar surface area (TPSA) is 64.3 Å². The molecule has 1 aliphatic heterocycles. The first-order chi connectivity index (χ1) is 14.7. The maximum Gasteiger partial charge on any atom is 0.213 e. The highest BCUT2D eigenvalue weighted by molar-refractivity contribution is 8.03. The lowest BCUT2D eigenvalue weighted by molar-refractivity contribution is -0.673. The van der Waals surface area contributed by atoms with E-state index in [-0.39, 0.29) is 12.2 Å². The Bertz CT molecular complexity index is 1290. The van der Waals surface area contributed by atoms with Gasteiger partial charge in [0.25, 0.3) is 0 Å². The molecule has 0 spiro atoms. The van der Waals surface area contributed by atoms with Gasteiger partial charge in [0.15, 0.2) is 6.54 Å². The number of aryl methyl sites for hydroxylation is 2. The van der Waals surface area contributed by atoms with Crippen molar-refractivity contribution in [3.05, 3.63) is 69.8 Å². The zero-order valence-electron chi connectivity index (χ0n) is 17.3. The number of aromatic nitrogens is 1. The number of pyridine rings is 1. The van der Waals surface area contributed by atoms with Crippen LogP contribution in [0.15, 0.2) is 58.5 Å². The summed E-state index contributed by atoms with van der Waals surface area (Å²) in [5, 5.41) is 2.86. The van der Waals surface area contributed by atoms with Crippen LogP contribution in [0.1, 0.15) is 24.6 Å². The third kappa shape index (κ3) is 4.90. The summed E-state index contributed by atoms with van der Waals surface area (Å²) in [5.41, 5.74) is 4.23. The fraction of sp³-hybridized carbons (Fsp3) is 0.261. The molecule has 0 saturated heterocycles. The summed E-state index contributed by atoms with van der Waals surface area (Å²) in [6, 6.07) is 16.2. The number of rotatable bonds is 6. The summed E-state index contributed by atoms with van der Waals surface area (Å²) >= 11 is 7.86. The molecule has 5 nitrogen and oxygen atoms in total. The highest BCUT2D eigenvalue weighted by Gasteiger charge is 2.26. The Morgan fingerprint density at radius 1 is 1.16 bits per heavy atom. The molecule has 0 radical (unpaired) electrons. The van der Waals surface area contributed by atoms with Crippen molar-refractivity contribution in [3.8, 4) is 0 Å². The van der Waals surface area contributed by atoms with Crippen molar-refractivity contribution < 1.29 is 17.5 Å². The Labute approximate surface area is 192 Å². The van der Waals surface area contributed by atoms with Crippen LogP contribution in [0.5, 0.6) is 0 Å². The fourth-order valence-corrected chi connectivity index (χ4v) is 5.78. The summed E-state index contributed by atoms with van der Waals surface area (Å²) in [6.45, 7) is 5.39. The van der Waals surface area contributed by atoms with E-state index in [1.54, 1.807) is 11.8 Å². The molecule has 0 fully saturated rings. The molecule has 0 aliphatic carbocycles. The fourth-order valence-electron chi connectivity index (χ4n) is 3.85. The molecule has 31 heavy (non-hydrogen) atoms. The molecule has 0 N–H and O–H groups in total. The first-order valence-electron chi connectivity index (χ1n) is 10.1. The Hall–Kier alpha value is -2.06. The Kier molecular flexibility index (Phi) is 6.30. The van der Waals surface area contributed by atoms with Gasteiger partial charge in [-0.1, -0.05) is 29.4 Å². The smallest absolute Gasteiger partial charge is 0.213 e. The number of thioether (sulfide) groups is 1. The van der Waals surface area contributed by atoms with Crippen molar-refractivity contribution >= 4 is 56.1 Å². The molecular formula is C23H23ClN2O3S2. The van der Waals surface area contributed by atoms with Crippen LogP contribution in [-0.4, -0.2) is 25.3 Å². The SMILES string of the molecule is CCN1/C(=C/c2ccc3ccc(C)cc3[n+]2CCCS(=O)(=O)[O-])Sc2cc(Cl)ccc21. The standard InChI is InChI=1S/C23H23ClN2O3S2/c1-3-25-20-10-8-18(24)14-22(20)30-23(25)15-19-9-7-17-6-5-16(2)13-21(17)26(19)11-4-12-31(27,28)29/h5-10,13-15H,3-4,11-12H2,1-2H3. The minimum absolute atomic E-state index is 0.264. The van der Waals surface area contributed by atoms with E-state index < -0.39 is 10.1 Å². The van der Waals surface area contributed by atoms with Crippen LogP contribution in [-0.2, 0) is 16.7 Å². The third-order valence-electron chi connectivity index (χ3n) is 5.28. The van der Waals surface area contributed by atoms with Crippen molar-refractivity contribution in [2.24, 2.45) is 0 Å². The van der Waals surface area contributed by atoms with Crippen LogP contribution in [0.4, 0.5) is 5.69 Å². The minimum Gasteiger partial charge on any atom is -0.748 e. The Morgan fingerprint density at radius 2 is 1.94 bits per heavy atom. The van der Waals surface area contributed by atoms with Gasteiger partial charge in [-0.3, -0.25) is 0 Å². The van der Waals surface area contributed by atoms with Crippen LogP contribution >= 0.6 is 23.4 Å². The molecule has 2 aromatic carbocycles. The summed E-state index contributed by atoms with van der Waals surface area (Å²) in [5.74, 6) is -0.377. The van der Waals surface area contributed by atoms with Gasteiger partial charge in [0.2, 0.25) is 11.2 Å². The molecule has 1 aromatic heterocycles. The number of hydrogen-bond donors (Lipinski definition) is 0. The monoisotopic (exact) mass is 474 g/mol. The third-order valence-corrected chi connectivity index (χ3v) is 7.40. The average Bonchev–Trinajstić information content (AvgIpc) is 3.04. The summed E-state index contributed by atoms with van der Waals surface area (Å²) < 4.78 is 35.5. The number of halogens is 1. The van der Waals surface area contributed by atoms with Gasteiger partial charge >= 0.3 is 0 Å². The normalized spacial score (nSPS) is 15.1. The molecule has 0 saturated carbocycles. The number of benzene rings is 2. The first kappa shape index (κ1) is 22.1. The second-order valence-corrected chi connectivity index (χ2v) is 10.6. The summed E-state index contributed by atoms with van der Waals surface area (Å²) in [7, 11) is -4.25. The second-order valence-electron chi connectivity index (χ2n) is 7.53. The van der Waals surface area contributed by atoms with Gasteiger partial charge in [-0.15, -0.1) is 0 Å². The van der Waals surface area contributed by atoms with Crippen LogP contribution in [0.2, 0.25) is 5.02 Å². The average molecular weight is 475 g/mol. The van der Waals surface area contributed by atoms with E-state index in [9.17, 15) is 13.0 Å². The molecule has 1 aliphatic rings. The Morgan fingerprint density at radius 3 is 2.68 bits per heavy atom. The molecule has 162 valence electrons. The summed E-state index contributed by atoms with van der Waals surface area (Å²) in [6.07, 6.45) is 2.38. The van der Waals surface area contributed by atoms with Gasteiger partial charge in [0.05, 0.1) is 20.8 Å². The zero-order chi connectivity index (χ0) is 22.2. The van der Waals surface area contributed by atoms with E-state index >= 15 is 0 Å². The maximum atomic E-state index is 11.1. The number of hydrogen-bond acceptors (Lipinski definition) is 5. The highest BCUT2D eigenvalue weighted by Crippen LogP contribution is 2.47. The van der Waals surface area contributed by atoms with Crippen LogP contribution in [0.25, 0.3) is 17.0 Å². The van der Waals surface area contributed by atoms with Crippen LogP contribution in [0.3, 0.4) is 0 Å². The van der Waals surface area contributed by atoms with E-state index in [1.165, 1.54) is 0 Å². The Balaban J connectivity index is 1.78. The quantitative estimate of drug-likeness (QED) is 0.373. The second kappa shape index (κ2) is 8.82. The van der Waals surface area contributed by atoms with Gasteiger partial charge < -0.3 is 9.45 Å². The molecule has 0 bridgehead atoms. The van der Waals surface area contributed by atoms with Crippen LogP contribution in [0, 0.1) is 6.92 Å².